The predicted molar refractivity (Wildman–Crippen MR) is 92.9 cm³/mol. The summed E-state index contributed by atoms with van der Waals surface area (Å²) in [5.74, 6) is 0.396. The number of hydrogen-bond acceptors (Lipinski definition) is 2. The molecule has 3 nitrogen and oxygen atoms in total. The third kappa shape index (κ3) is 5.66. The van der Waals surface area contributed by atoms with Crippen LogP contribution in [0.2, 0.25) is 0 Å². The molecule has 3 heteroatoms. The van der Waals surface area contributed by atoms with Gasteiger partial charge in [-0.05, 0) is 50.4 Å². The molecule has 1 aliphatic heterocycles. The van der Waals surface area contributed by atoms with Crippen molar-refractivity contribution in [2.24, 2.45) is 16.7 Å². The molecule has 0 N–H and O–H groups in total. The zero-order chi connectivity index (χ0) is 17.3. The quantitative estimate of drug-likeness (QED) is 0.571. The van der Waals surface area contributed by atoms with Gasteiger partial charge in [-0.2, -0.15) is 0 Å². The highest BCUT2D eigenvalue weighted by molar-refractivity contribution is 5.68. The fraction of sp³-hybridized carbons (Fsp3) is 0.842. The van der Waals surface area contributed by atoms with Crippen LogP contribution in [0.15, 0.2) is 12.2 Å². The van der Waals surface area contributed by atoms with Crippen LogP contribution in [0.5, 0.6) is 0 Å². The van der Waals surface area contributed by atoms with Crippen LogP contribution >= 0.6 is 0 Å². The maximum absolute atomic E-state index is 12.5. The van der Waals surface area contributed by atoms with Gasteiger partial charge in [0.2, 0.25) is 0 Å². The molecule has 1 amide bonds. The van der Waals surface area contributed by atoms with Gasteiger partial charge in [0.25, 0.3) is 0 Å². The highest BCUT2D eigenvalue weighted by atomic mass is 16.6. The van der Waals surface area contributed by atoms with Crippen LogP contribution < -0.4 is 0 Å². The van der Waals surface area contributed by atoms with Gasteiger partial charge in [-0.3, -0.25) is 0 Å². The highest BCUT2D eigenvalue weighted by Gasteiger charge is 2.37. The lowest BCUT2D eigenvalue weighted by Gasteiger charge is -2.38. The maximum atomic E-state index is 12.5. The second-order valence-electron chi connectivity index (χ2n) is 9.50. The number of carbonyl (C=O) groups excluding carboxylic acids is 1. The van der Waals surface area contributed by atoms with Crippen molar-refractivity contribution in [3.8, 4) is 0 Å². The van der Waals surface area contributed by atoms with Crippen LogP contribution in [-0.4, -0.2) is 29.7 Å². The van der Waals surface area contributed by atoms with Crippen molar-refractivity contribution in [3.63, 3.8) is 0 Å². The summed E-state index contributed by atoms with van der Waals surface area (Å²) in [5.41, 5.74) is 0.972. The molecule has 0 spiro atoms. The van der Waals surface area contributed by atoms with Crippen molar-refractivity contribution < 1.29 is 9.53 Å². The van der Waals surface area contributed by atoms with Crippen LogP contribution in [-0.2, 0) is 4.74 Å². The molecule has 22 heavy (non-hydrogen) atoms. The van der Waals surface area contributed by atoms with Crippen molar-refractivity contribution in [1.29, 1.82) is 0 Å². The lowest BCUT2D eigenvalue weighted by molar-refractivity contribution is 0.0137. The second-order valence-corrected chi connectivity index (χ2v) is 9.50. The third-order valence-corrected chi connectivity index (χ3v) is 4.28. The number of ether oxygens (including phenoxy) is 1. The monoisotopic (exact) mass is 309 g/mol. The first-order valence-corrected chi connectivity index (χ1v) is 8.38. The molecule has 0 aromatic carbocycles. The van der Waals surface area contributed by atoms with Crippen molar-refractivity contribution >= 4 is 6.09 Å². The Hall–Kier alpha value is -0.990. The van der Waals surface area contributed by atoms with Gasteiger partial charge in [-0.15, -0.1) is 0 Å². The summed E-state index contributed by atoms with van der Waals surface area (Å²) < 4.78 is 5.60. The standard InChI is InChI=1S/C19H35NO2/c1-14-10-15(2)19(8,9)12-18(6,7)13-20(11-14)16(21)22-17(3,4)5/h14H,2,10-13H2,1,3-9H3. The van der Waals surface area contributed by atoms with E-state index in [1.165, 1.54) is 5.57 Å². The van der Waals surface area contributed by atoms with E-state index in [1.807, 2.05) is 25.7 Å². The summed E-state index contributed by atoms with van der Waals surface area (Å²) in [5, 5.41) is 0. The van der Waals surface area contributed by atoms with E-state index in [1.54, 1.807) is 0 Å². The lowest BCUT2D eigenvalue weighted by atomic mass is 9.70. The molecule has 1 saturated heterocycles. The molecule has 1 aliphatic rings. The minimum atomic E-state index is -0.453. The van der Waals surface area contributed by atoms with Crippen LogP contribution in [0.3, 0.4) is 0 Å². The second kappa shape index (κ2) is 6.25. The van der Waals surface area contributed by atoms with Crippen molar-refractivity contribution in [1.82, 2.24) is 4.90 Å². The number of rotatable bonds is 0. The molecule has 0 radical (unpaired) electrons. The minimum absolute atomic E-state index is 0.0351. The molecule has 1 fully saturated rings. The zero-order valence-electron chi connectivity index (χ0n) is 15.9. The van der Waals surface area contributed by atoms with E-state index in [0.717, 1.165) is 25.9 Å². The molecule has 0 aromatic heterocycles. The van der Waals surface area contributed by atoms with Crippen molar-refractivity contribution in [3.05, 3.63) is 12.2 Å². The molecule has 128 valence electrons. The Labute approximate surface area is 137 Å². The number of hydrogen-bond donors (Lipinski definition) is 0. The molecular formula is C19H35NO2. The van der Waals surface area contributed by atoms with E-state index >= 15 is 0 Å². The normalized spacial score (nSPS) is 25.9. The minimum Gasteiger partial charge on any atom is -0.444 e. The summed E-state index contributed by atoms with van der Waals surface area (Å²) in [6.07, 6.45) is 1.78. The van der Waals surface area contributed by atoms with Crippen LogP contribution in [0, 0.1) is 16.7 Å². The molecule has 1 unspecified atom stereocenters. The van der Waals surface area contributed by atoms with E-state index < -0.39 is 5.60 Å². The van der Waals surface area contributed by atoms with Crippen LogP contribution in [0.25, 0.3) is 0 Å². The molecule has 0 aromatic rings. The van der Waals surface area contributed by atoms with Gasteiger partial charge >= 0.3 is 6.09 Å². The third-order valence-electron chi connectivity index (χ3n) is 4.28. The lowest BCUT2D eigenvalue weighted by Crippen LogP contribution is -2.44. The number of amides is 1. The number of allylic oxidation sites excluding steroid dienone is 1. The topological polar surface area (TPSA) is 29.5 Å². The predicted octanol–water partition coefficient (Wildman–Crippen LogP) is 5.26. The molecule has 0 aliphatic carbocycles. The summed E-state index contributed by atoms with van der Waals surface area (Å²) in [7, 11) is 0. The van der Waals surface area contributed by atoms with E-state index in [0.29, 0.717) is 5.92 Å². The Morgan fingerprint density at radius 3 is 2.32 bits per heavy atom. The molecule has 0 saturated carbocycles. The molecule has 1 heterocycles. The Bertz CT molecular complexity index is 429. The van der Waals surface area contributed by atoms with E-state index in [2.05, 4.69) is 41.2 Å². The summed E-state index contributed by atoms with van der Waals surface area (Å²) in [6.45, 7) is 22.7. The fourth-order valence-electron chi connectivity index (χ4n) is 3.56. The number of carbonyl (C=O) groups is 1. The molecule has 1 rings (SSSR count). The Balaban J connectivity index is 3.01. The largest absolute Gasteiger partial charge is 0.444 e. The van der Waals surface area contributed by atoms with Gasteiger partial charge in [-0.25, -0.2) is 4.79 Å². The first-order chi connectivity index (χ1) is 9.72. The SMILES string of the molecule is C=C1CC(C)CN(C(=O)OC(C)(C)C)CC(C)(C)CC1(C)C. The van der Waals surface area contributed by atoms with Gasteiger partial charge in [0.05, 0.1) is 0 Å². The van der Waals surface area contributed by atoms with Gasteiger partial charge in [0.1, 0.15) is 5.60 Å². The van der Waals surface area contributed by atoms with Gasteiger partial charge < -0.3 is 9.64 Å². The highest BCUT2D eigenvalue weighted by Crippen LogP contribution is 2.42. The van der Waals surface area contributed by atoms with Crippen LogP contribution in [0.4, 0.5) is 4.79 Å². The van der Waals surface area contributed by atoms with E-state index in [4.69, 9.17) is 4.74 Å². The van der Waals surface area contributed by atoms with Gasteiger partial charge in [-0.1, -0.05) is 46.8 Å². The summed E-state index contributed by atoms with van der Waals surface area (Å²) in [6, 6.07) is 0. The average Bonchev–Trinajstić information content (AvgIpc) is 2.24. The van der Waals surface area contributed by atoms with Crippen molar-refractivity contribution in [2.75, 3.05) is 13.1 Å². The maximum Gasteiger partial charge on any atom is 0.410 e. The van der Waals surface area contributed by atoms with Crippen LogP contribution in [0.1, 0.15) is 68.2 Å². The molecular weight excluding hydrogens is 274 g/mol. The van der Waals surface area contributed by atoms with E-state index in [-0.39, 0.29) is 16.9 Å². The zero-order valence-corrected chi connectivity index (χ0v) is 15.9. The summed E-state index contributed by atoms with van der Waals surface area (Å²) >= 11 is 0. The van der Waals surface area contributed by atoms with Crippen molar-refractivity contribution in [2.45, 2.75) is 73.8 Å². The summed E-state index contributed by atoms with van der Waals surface area (Å²) in [4.78, 5) is 14.4. The number of nitrogens with zero attached hydrogens (tertiary/aromatic N) is 1. The Morgan fingerprint density at radius 2 is 1.82 bits per heavy atom. The Morgan fingerprint density at radius 1 is 1.27 bits per heavy atom. The average molecular weight is 309 g/mol. The molecule has 1 atom stereocenters. The first-order valence-electron chi connectivity index (χ1n) is 8.38. The Kier molecular flexibility index (Phi) is 5.42. The fourth-order valence-corrected chi connectivity index (χ4v) is 3.56. The molecule has 0 bridgehead atoms. The first kappa shape index (κ1) is 19.1. The van der Waals surface area contributed by atoms with Gasteiger partial charge in [0.15, 0.2) is 0 Å². The smallest absolute Gasteiger partial charge is 0.410 e. The van der Waals surface area contributed by atoms with E-state index in [9.17, 15) is 4.79 Å². The van der Waals surface area contributed by atoms with Gasteiger partial charge in [0, 0.05) is 13.1 Å².